The Kier molecular flexibility index (Phi) is 20.8. The Balaban J connectivity index is 1.35. The molecule has 3 rings (SSSR count). The summed E-state index contributed by atoms with van der Waals surface area (Å²) >= 11 is 0. The minimum Gasteiger partial charge on any atom is -0.390 e. The van der Waals surface area contributed by atoms with Crippen LogP contribution in [0.1, 0.15) is 33.1 Å². The fraction of sp³-hybridized carbons (Fsp3) is 0.714. The predicted molar refractivity (Wildman–Crippen MR) is 191 cm³/mol. The van der Waals surface area contributed by atoms with E-state index in [4.69, 9.17) is 28.4 Å². The van der Waals surface area contributed by atoms with Gasteiger partial charge in [0.15, 0.2) is 12.6 Å². The summed E-state index contributed by atoms with van der Waals surface area (Å²) in [5, 5.41) is 50.8. The van der Waals surface area contributed by atoms with Gasteiger partial charge in [0.05, 0.1) is 90.1 Å². The summed E-state index contributed by atoms with van der Waals surface area (Å²) < 4.78 is 32.9. The van der Waals surface area contributed by atoms with Crippen LogP contribution >= 0.6 is 0 Å². The molecular formula is C35H57N5O14. The van der Waals surface area contributed by atoms with Gasteiger partial charge in [-0.1, -0.05) is 18.2 Å². The smallest absolute Gasteiger partial charge is 0.234 e. The third-order valence-corrected chi connectivity index (χ3v) is 8.21. The summed E-state index contributed by atoms with van der Waals surface area (Å²) in [7, 11) is 0. The Bertz CT molecular complexity index is 1210. The van der Waals surface area contributed by atoms with Gasteiger partial charge in [-0.3, -0.25) is 24.1 Å². The van der Waals surface area contributed by atoms with E-state index in [1.54, 1.807) is 26.0 Å². The zero-order valence-electron chi connectivity index (χ0n) is 30.9. The van der Waals surface area contributed by atoms with Crippen LogP contribution in [0.15, 0.2) is 30.3 Å². The number of aliphatic hydroxyl groups is 4. The fourth-order valence-corrected chi connectivity index (χ4v) is 5.50. The van der Waals surface area contributed by atoms with Gasteiger partial charge < -0.3 is 70.1 Å². The number of nitrogens with one attached hydrogen (secondary N) is 4. The number of nitrogens with zero attached hydrogens (tertiary/aromatic N) is 1. The number of para-hydroxylation sites is 1. The number of ether oxygens (including phenoxy) is 6. The van der Waals surface area contributed by atoms with Crippen LogP contribution < -0.4 is 21.3 Å². The van der Waals surface area contributed by atoms with Crippen molar-refractivity contribution in [3.63, 3.8) is 0 Å². The van der Waals surface area contributed by atoms with Gasteiger partial charge in [0, 0.05) is 38.2 Å². The highest BCUT2D eigenvalue weighted by Crippen LogP contribution is 2.21. The maximum Gasteiger partial charge on any atom is 0.234 e. The van der Waals surface area contributed by atoms with Gasteiger partial charge >= 0.3 is 0 Å². The first-order valence-electron chi connectivity index (χ1n) is 18.2. The largest absolute Gasteiger partial charge is 0.390 e. The Morgan fingerprint density at radius 3 is 1.57 bits per heavy atom. The van der Waals surface area contributed by atoms with Gasteiger partial charge in [0.1, 0.15) is 12.2 Å². The number of anilines is 1. The Morgan fingerprint density at radius 1 is 0.648 bits per heavy atom. The lowest BCUT2D eigenvalue weighted by molar-refractivity contribution is -0.262. The summed E-state index contributed by atoms with van der Waals surface area (Å²) in [6, 6.07) is 9.09. The van der Waals surface area contributed by atoms with Crippen LogP contribution in [-0.4, -0.2) is 177 Å². The molecular weight excluding hydrogens is 714 g/mol. The summed E-state index contributed by atoms with van der Waals surface area (Å²) in [6.45, 7) is 3.61. The van der Waals surface area contributed by atoms with E-state index in [9.17, 15) is 39.6 Å². The molecule has 0 bridgehead atoms. The molecule has 1 aromatic rings. The Morgan fingerprint density at radius 2 is 1.09 bits per heavy atom. The molecule has 2 aliphatic heterocycles. The number of aliphatic hydroxyl groups excluding tert-OH is 4. The molecule has 4 amide bonds. The lowest BCUT2D eigenvalue weighted by atomic mass is 10.0. The first-order chi connectivity index (χ1) is 25.9. The van der Waals surface area contributed by atoms with Crippen molar-refractivity contribution in [3.8, 4) is 0 Å². The molecule has 2 heterocycles. The number of carbonyl (C=O) groups excluding carboxylic acids is 4. The first-order valence-corrected chi connectivity index (χ1v) is 18.2. The molecule has 0 aromatic heterocycles. The van der Waals surface area contributed by atoms with E-state index in [1.807, 2.05) is 18.2 Å². The van der Waals surface area contributed by atoms with Crippen LogP contribution in [0.3, 0.4) is 0 Å². The standard InChI is InChI=1S/C35H57N5O14/c1-23-18-26(41)32(47)34(53-23)51-14-10-37-30(45)21-40(22-31(46)38-11-15-52-35-33(48)27(42)19-24(2)54-35)20-29(44)36-9-13-50-17-16-49-12-8-28(43)39-25-6-4-3-5-7-25/h3-7,23-24,26-27,32-35,41-42,47-48H,8-22H2,1-2H3,(H,36,44)(H,37,45)(H,38,46)(H,39,43)/t23-,24-,26+,27+,32-,33-,34+,35+/m0/s1. The highest BCUT2D eigenvalue weighted by molar-refractivity contribution is 5.90. The quantitative estimate of drug-likeness (QED) is 0.0504. The molecule has 0 spiro atoms. The zero-order valence-corrected chi connectivity index (χ0v) is 30.9. The molecule has 0 unspecified atom stereocenters. The number of hydrogen-bond acceptors (Lipinski definition) is 15. The van der Waals surface area contributed by atoms with E-state index in [0.29, 0.717) is 5.69 Å². The fourth-order valence-electron chi connectivity index (χ4n) is 5.50. The van der Waals surface area contributed by atoms with Crippen molar-refractivity contribution in [1.29, 1.82) is 0 Å². The maximum atomic E-state index is 12.8. The molecule has 306 valence electrons. The van der Waals surface area contributed by atoms with Crippen molar-refractivity contribution >= 4 is 29.3 Å². The number of benzene rings is 1. The third kappa shape index (κ3) is 17.9. The summed E-state index contributed by atoms with van der Waals surface area (Å²) in [4.78, 5) is 51.6. The van der Waals surface area contributed by atoms with Crippen LogP contribution in [0, 0.1) is 0 Å². The Hall–Kier alpha value is -3.34. The van der Waals surface area contributed by atoms with Crippen LogP contribution in [0.2, 0.25) is 0 Å². The van der Waals surface area contributed by atoms with Gasteiger partial charge in [-0.05, 0) is 26.0 Å². The van der Waals surface area contributed by atoms with Gasteiger partial charge in [-0.25, -0.2) is 0 Å². The lowest BCUT2D eigenvalue weighted by Gasteiger charge is -2.35. The molecule has 19 heteroatoms. The van der Waals surface area contributed by atoms with E-state index < -0.39 is 54.7 Å². The second-order valence-electron chi connectivity index (χ2n) is 13.0. The SMILES string of the molecule is C[C@H]1C[C@@H](O)[C@H](O)[C@H](OCCNC(=O)CN(CC(=O)NCCOCCOCCC(=O)Nc2ccccc2)CC(=O)NCCO[C@@H]2O[C@@H](C)C[C@@H](O)[C@@H]2O)O1. The number of rotatable bonds is 24. The molecule has 0 aliphatic carbocycles. The van der Waals surface area contributed by atoms with E-state index >= 15 is 0 Å². The van der Waals surface area contributed by atoms with Gasteiger partial charge in [0.2, 0.25) is 23.6 Å². The van der Waals surface area contributed by atoms with Crippen LogP contribution in [-0.2, 0) is 47.6 Å². The molecule has 1 aromatic carbocycles. The van der Waals surface area contributed by atoms with Crippen LogP contribution in [0.5, 0.6) is 0 Å². The van der Waals surface area contributed by atoms with E-state index in [0.717, 1.165) is 0 Å². The predicted octanol–water partition coefficient (Wildman–Crippen LogP) is -2.55. The van der Waals surface area contributed by atoms with Crippen molar-refractivity contribution in [1.82, 2.24) is 20.9 Å². The molecule has 2 aliphatic rings. The monoisotopic (exact) mass is 771 g/mol. The molecule has 54 heavy (non-hydrogen) atoms. The van der Waals surface area contributed by atoms with E-state index in [1.165, 1.54) is 4.90 Å². The number of carbonyl (C=O) groups is 4. The molecule has 8 atom stereocenters. The van der Waals surface area contributed by atoms with Crippen molar-refractivity contribution in [2.75, 3.05) is 84.2 Å². The van der Waals surface area contributed by atoms with E-state index in [2.05, 4.69) is 21.3 Å². The summed E-state index contributed by atoms with van der Waals surface area (Å²) in [5.74, 6) is -1.63. The Labute approximate surface area is 314 Å². The highest BCUT2D eigenvalue weighted by atomic mass is 16.7. The van der Waals surface area contributed by atoms with Crippen LogP contribution in [0.4, 0.5) is 5.69 Å². The maximum absolute atomic E-state index is 12.8. The second kappa shape index (κ2) is 24.9. The van der Waals surface area contributed by atoms with Crippen molar-refractivity contribution in [2.24, 2.45) is 0 Å². The lowest BCUT2D eigenvalue weighted by Crippen LogP contribution is -2.50. The topological polar surface area (TPSA) is 256 Å². The number of amides is 4. The second-order valence-corrected chi connectivity index (χ2v) is 13.0. The van der Waals surface area contributed by atoms with Gasteiger partial charge in [0.25, 0.3) is 0 Å². The van der Waals surface area contributed by atoms with Crippen LogP contribution in [0.25, 0.3) is 0 Å². The molecule has 2 saturated heterocycles. The van der Waals surface area contributed by atoms with E-state index in [-0.39, 0.29) is 116 Å². The minimum absolute atomic E-state index is 0.0300. The third-order valence-electron chi connectivity index (χ3n) is 8.21. The average molecular weight is 772 g/mol. The molecule has 2 fully saturated rings. The minimum atomic E-state index is -1.23. The zero-order chi connectivity index (χ0) is 39.3. The van der Waals surface area contributed by atoms with Gasteiger partial charge in [-0.15, -0.1) is 0 Å². The highest BCUT2D eigenvalue weighted by Gasteiger charge is 2.36. The average Bonchev–Trinajstić information content (AvgIpc) is 3.12. The first kappa shape index (κ1) is 45.1. The molecule has 0 radical (unpaired) electrons. The molecule has 19 nitrogen and oxygen atoms in total. The summed E-state index contributed by atoms with van der Waals surface area (Å²) in [6.07, 6.45) is -6.46. The normalized spacial score (nSPS) is 25.5. The summed E-state index contributed by atoms with van der Waals surface area (Å²) in [5.41, 5.74) is 0.708. The number of hydrogen-bond donors (Lipinski definition) is 8. The van der Waals surface area contributed by atoms with Gasteiger partial charge in [-0.2, -0.15) is 0 Å². The molecule has 0 saturated carbocycles. The van der Waals surface area contributed by atoms with Crippen molar-refractivity contribution < 1.29 is 68.0 Å². The van der Waals surface area contributed by atoms with Crippen molar-refractivity contribution in [3.05, 3.63) is 30.3 Å². The molecule has 8 N–H and O–H groups in total. The van der Waals surface area contributed by atoms with Crippen molar-refractivity contribution in [2.45, 2.75) is 82.3 Å².